The SMILES string of the molecule is Cc1ccccc1NC(C)C(=O)N/N=C/c1ccc(O)cc1O. The molecule has 2 aromatic carbocycles. The van der Waals surface area contributed by atoms with E-state index >= 15 is 0 Å². The van der Waals surface area contributed by atoms with Crippen LogP contribution in [0.25, 0.3) is 0 Å². The van der Waals surface area contributed by atoms with Crippen molar-refractivity contribution < 1.29 is 15.0 Å². The molecule has 6 nitrogen and oxygen atoms in total. The Bertz CT molecular complexity index is 729. The van der Waals surface area contributed by atoms with E-state index in [-0.39, 0.29) is 17.4 Å². The summed E-state index contributed by atoms with van der Waals surface area (Å²) in [4.78, 5) is 12.0. The van der Waals surface area contributed by atoms with Crippen molar-refractivity contribution in [3.8, 4) is 11.5 Å². The molecule has 0 aliphatic carbocycles. The number of para-hydroxylation sites is 1. The Morgan fingerprint density at radius 3 is 2.65 bits per heavy atom. The van der Waals surface area contributed by atoms with E-state index < -0.39 is 6.04 Å². The molecule has 0 fully saturated rings. The fourth-order valence-electron chi connectivity index (χ4n) is 1.94. The third-order valence-corrected chi connectivity index (χ3v) is 3.30. The summed E-state index contributed by atoms with van der Waals surface area (Å²) in [6.45, 7) is 3.69. The molecule has 0 bridgehead atoms. The van der Waals surface area contributed by atoms with E-state index in [1.54, 1.807) is 6.92 Å². The third-order valence-electron chi connectivity index (χ3n) is 3.30. The summed E-state index contributed by atoms with van der Waals surface area (Å²) in [5.41, 5.74) is 4.73. The molecule has 0 aliphatic heterocycles. The Kier molecular flexibility index (Phi) is 5.19. The van der Waals surface area contributed by atoms with Gasteiger partial charge in [0.25, 0.3) is 5.91 Å². The van der Waals surface area contributed by atoms with Gasteiger partial charge in [0, 0.05) is 17.3 Å². The summed E-state index contributed by atoms with van der Waals surface area (Å²) in [5.74, 6) is -0.461. The molecule has 0 aromatic heterocycles. The van der Waals surface area contributed by atoms with E-state index in [0.29, 0.717) is 5.56 Å². The Morgan fingerprint density at radius 1 is 1.22 bits per heavy atom. The number of aromatic hydroxyl groups is 2. The molecule has 1 atom stereocenters. The van der Waals surface area contributed by atoms with Crippen molar-refractivity contribution in [3.05, 3.63) is 53.6 Å². The molecule has 2 aromatic rings. The Hall–Kier alpha value is -3.02. The molecule has 0 heterocycles. The number of phenolic OH excluding ortho intramolecular Hbond substituents is 2. The van der Waals surface area contributed by atoms with Crippen LogP contribution in [0.5, 0.6) is 11.5 Å². The fourth-order valence-corrected chi connectivity index (χ4v) is 1.94. The lowest BCUT2D eigenvalue weighted by Crippen LogP contribution is -2.35. The summed E-state index contributed by atoms with van der Waals surface area (Å²) < 4.78 is 0. The van der Waals surface area contributed by atoms with Crippen LogP contribution >= 0.6 is 0 Å². The summed E-state index contributed by atoms with van der Waals surface area (Å²) in [5, 5.41) is 25.7. The minimum atomic E-state index is -0.471. The molecule has 0 aliphatic rings. The van der Waals surface area contributed by atoms with Gasteiger partial charge in [-0.2, -0.15) is 5.10 Å². The number of anilines is 1. The van der Waals surface area contributed by atoms with Crippen LogP contribution in [0.4, 0.5) is 5.69 Å². The highest BCUT2D eigenvalue weighted by atomic mass is 16.3. The second kappa shape index (κ2) is 7.31. The van der Waals surface area contributed by atoms with Gasteiger partial charge in [-0.25, -0.2) is 5.43 Å². The zero-order valence-corrected chi connectivity index (χ0v) is 12.9. The van der Waals surface area contributed by atoms with Gasteiger partial charge in [-0.1, -0.05) is 18.2 Å². The van der Waals surface area contributed by atoms with Crippen molar-refractivity contribution in [3.63, 3.8) is 0 Å². The van der Waals surface area contributed by atoms with E-state index in [9.17, 15) is 15.0 Å². The number of carbonyl (C=O) groups excluding carboxylic acids is 1. The number of carbonyl (C=O) groups is 1. The molecule has 2 rings (SSSR count). The minimum Gasteiger partial charge on any atom is -0.508 e. The summed E-state index contributed by atoms with van der Waals surface area (Å²) in [6.07, 6.45) is 1.31. The summed E-state index contributed by atoms with van der Waals surface area (Å²) in [7, 11) is 0. The predicted octanol–water partition coefficient (Wildman–Crippen LogP) is 2.36. The lowest BCUT2D eigenvalue weighted by Gasteiger charge is -2.15. The Morgan fingerprint density at radius 2 is 1.96 bits per heavy atom. The first-order valence-electron chi connectivity index (χ1n) is 7.14. The van der Waals surface area contributed by atoms with Crippen LogP contribution in [0.3, 0.4) is 0 Å². The van der Waals surface area contributed by atoms with Crippen molar-refractivity contribution in [2.45, 2.75) is 19.9 Å². The van der Waals surface area contributed by atoms with E-state index in [0.717, 1.165) is 11.3 Å². The first-order valence-corrected chi connectivity index (χ1v) is 7.14. The van der Waals surface area contributed by atoms with Crippen LogP contribution in [0.15, 0.2) is 47.6 Å². The number of amides is 1. The van der Waals surface area contributed by atoms with Crippen molar-refractivity contribution in [2.24, 2.45) is 5.10 Å². The van der Waals surface area contributed by atoms with Crippen molar-refractivity contribution in [1.29, 1.82) is 0 Å². The van der Waals surface area contributed by atoms with Crippen molar-refractivity contribution in [2.75, 3.05) is 5.32 Å². The number of nitrogens with one attached hydrogen (secondary N) is 2. The number of hydrazone groups is 1. The van der Waals surface area contributed by atoms with Gasteiger partial charge in [-0.3, -0.25) is 4.79 Å². The molecule has 0 saturated heterocycles. The van der Waals surface area contributed by atoms with Gasteiger partial charge in [-0.05, 0) is 37.6 Å². The molecule has 1 amide bonds. The van der Waals surface area contributed by atoms with Gasteiger partial charge in [0.2, 0.25) is 0 Å². The maximum absolute atomic E-state index is 12.0. The first kappa shape index (κ1) is 16.4. The smallest absolute Gasteiger partial charge is 0.262 e. The van der Waals surface area contributed by atoms with Gasteiger partial charge < -0.3 is 15.5 Å². The lowest BCUT2D eigenvalue weighted by molar-refractivity contribution is -0.121. The summed E-state index contributed by atoms with van der Waals surface area (Å²) in [6, 6.07) is 11.3. The second-order valence-electron chi connectivity index (χ2n) is 5.16. The molecule has 4 N–H and O–H groups in total. The number of hydrogen-bond donors (Lipinski definition) is 4. The third kappa shape index (κ3) is 4.47. The molecule has 120 valence electrons. The van der Waals surface area contributed by atoms with Gasteiger partial charge in [0.15, 0.2) is 0 Å². The fraction of sp³-hybridized carbons (Fsp3) is 0.176. The van der Waals surface area contributed by atoms with E-state index in [2.05, 4.69) is 15.8 Å². The highest BCUT2D eigenvalue weighted by molar-refractivity contribution is 5.87. The number of hydrogen-bond acceptors (Lipinski definition) is 5. The lowest BCUT2D eigenvalue weighted by atomic mass is 10.2. The highest BCUT2D eigenvalue weighted by Gasteiger charge is 2.12. The molecule has 1 unspecified atom stereocenters. The molecular formula is C17H19N3O3. The molecule has 0 spiro atoms. The molecule has 0 radical (unpaired) electrons. The van der Waals surface area contributed by atoms with Crippen LogP contribution in [-0.2, 0) is 4.79 Å². The standard InChI is InChI=1S/C17H19N3O3/c1-11-5-3-4-6-15(11)19-12(2)17(23)20-18-10-13-7-8-14(21)9-16(13)22/h3-10,12,19,21-22H,1-2H3,(H,20,23)/b18-10+. The Balaban J connectivity index is 1.93. The van der Waals surface area contributed by atoms with Gasteiger partial charge >= 0.3 is 0 Å². The largest absolute Gasteiger partial charge is 0.508 e. The number of nitrogens with zero attached hydrogens (tertiary/aromatic N) is 1. The molecular weight excluding hydrogens is 294 g/mol. The topological polar surface area (TPSA) is 94.0 Å². The molecule has 23 heavy (non-hydrogen) atoms. The van der Waals surface area contributed by atoms with E-state index in [4.69, 9.17) is 0 Å². The van der Waals surface area contributed by atoms with Crippen LogP contribution in [-0.4, -0.2) is 28.4 Å². The predicted molar refractivity (Wildman–Crippen MR) is 89.8 cm³/mol. The first-order chi connectivity index (χ1) is 11.0. The van der Waals surface area contributed by atoms with Crippen LogP contribution in [0.1, 0.15) is 18.1 Å². The minimum absolute atomic E-state index is 0.0419. The highest BCUT2D eigenvalue weighted by Crippen LogP contribution is 2.20. The number of phenols is 2. The van der Waals surface area contributed by atoms with Gasteiger partial charge in [0.05, 0.1) is 6.21 Å². The van der Waals surface area contributed by atoms with Crippen LogP contribution in [0, 0.1) is 6.92 Å². The van der Waals surface area contributed by atoms with Crippen molar-refractivity contribution >= 4 is 17.8 Å². The zero-order chi connectivity index (χ0) is 16.8. The maximum atomic E-state index is 12.0. The maximum Gasteiger partial charge on any atom is 0.262 e. The summed E-state index contributed by atoms with van der Waals surface area (Å²) >= 11 is 0. The van der Waals surface area contributed by atoms with Gasteiger partial charge in [-0.15, -0.1) is 0 Å². The van der Waals surface area contributed by atoms with Gasteiger partial charge in [0.1, 0.15) is 17.5 Å². The molecule has 6 heteroatoms. The number of aryl methyl sites for hydroxylation is 1. The monoisotopic (exact) mass is 313 g/mol. The van der Waals surface area contributed by atoms with Crippen molar-refractivity contribution in [1.82, 2.24) is 5.43 Å². The molecule has 0 saturated carbocycles. The number of benzene rings is 2. The normalized spacial score (nSPS) is 12.1. The van der Waals surface area contributed by atoms with Crippen LogP contribution < -0.4 is 10.7 Å². The Labute approximate surface area is 134 Å². The second-order valence-corrected chi connectivity index (χ2v) is 5.16. The average molecular weight is 313 g/mol. The van der Waals surface area contributed by atoms with Crippen LogP contribution in [0.2, 0.25) is 0 Å². The average Bonchev–Trinajstić information content (AvgIpc) is 2.51. The quantitative estimate of drug-likeness (QED) is 0.503. The number of rotatable bonds is 5. The van der Waals surface area contributed by atoms with E-state index in [1.165, 1.54) is 24.4 Å². The zero-order valence-electron chi connectivity index (χ0n) is 12.9. The van der Waals surface area contributed by atoms with E-state index in [1.807, 2.05) is 31.2 Å².